The van der Waals surface area contributed by atoms with Gasteiger partial charge in [-0.05, 0) is 30.5 Å². The third-order valence-corrected chi connectivity index (χ3v) is 8.29. The van der Waals surface area contributed by atoms with E-state index in [1.54, 1.807) is 29.6 Å². The maximum atomic E-state index is 13.5. The number of benzene rings is 1. The topological polar surface area (TPSA) is 109 Å². The molecule has 1 spiro atoms. The van der Waals surface area contributed by atoms with Crippen molar-refractivity contribution in [3.05, 3.63) is 54.0 Å². The lowest BCUT2D eigenvalue weighted by Crippen LogP contribution is -2.59. The Balaban J connectivity index is 1.38. The molecule has 0 radical (unpaired) electrons. The van der Waals surface area contributed by atoms with Crippen molar-refractivity contribution in [3.63, 3.8) is 0 Å². The number of nitrogens with zero attached hydrogens (tertiary/aromatic N) is 6. The number of rotatable bonds is 5. The maximum absolute atomic E-state index is 13.5. The molecule has 5 rings (SSSR count). The fraction of sp³-hybridized carbons (Fsp3) is 0.381. The van der Waals surface area contributed by atoms with Crippen molar-refractivity contribution in [3.8, 4) is 6.07 Å². The van der Waals surface area contributed by atoms with Gasteiger partial charge in [-0.2, -0.15) is 22.3 Å². The monoisotopic (exact) mass is 437 g/mol. The van der Waals surface area contributed by atoms with Crippen LogP contribution < -0.4 is 4.90 Å². The van der Waals surface area contributed by atoms with Gasteiger partial charge >= 0.3 is 0 Å². The molecule has 2 aromatic heterocycles. The summed E-state index contributed by atoms with van der Waals surface area (Å²) in [5.41, 5.74) is 1.57. The molecular formula is C21H23N7O2S. The van der Waals surface area contributed by atoms with E-state index in [0.29, 0.717) is 30.8 Å². The van der Waals surface area contributed by atoms with E-state index in [1.807, 2.05) is 18.3 Å². The maximum Gasteiger partial charge on any atom is 0.282 e. The summed E-state index contributed by atoms with van der Waals surface area (Å²) in [6.07, 6.45) is 5.03. The Morgan fingerprint density at radius 1 is 1.23 bits per heavy atom. The van der Waals surface area contributed by atoms with Gasteiger partial charge in [-0.1, -0.05) is 18.2 Å². The molecular weight excluding hydrogens is 414 g/mol. The van der Waals surface area contributed by atoms with Crippen molar-refractivity contribution >= 4 is 27.1 Å². The number of H-pyrrole nitrogens is 1. The number of piperazine rings is 1. The van der Waals surface area contributed by atoms with Crippen LogP contribution in [0.3, 0.4) is 0 Å². The Morgan fingerprint density at radius 3 is 2.81 bits per heavy atom. The minimum atomic E-state index is -3.68. The van der Waals surface area contributed by atoms with Crippen LogP contribution >= 0.6 is 0 Å². The average Bonchev–Trinajstić information content (AvgIpc) is 3.34. The van der Waals surface area contributed by atoms with E-state index in [4.69, 9.17) is 0 Å². The zero-order valence-corrected chi connectivity index (χ0v) is 18.0. The van der Waals surface area contributed by atoms with Gasteiger partial charge in [0.15, 0.2) is 0 Å². The molecule has 0 atom stereocenters. The normalized spacial score (nSPS) is 18.5. The molecule has 1 saturated heterocycles. The molecule has 1 aliphatic carbocycles. The number of nitrogens with one attached hydrogen (secondary N) is 1. The number of hydrogen-bond acceptors (Lipinski definition) is 6. The molecule has 1 aromatic carbocycles. The van der Waals surface area contributed by atoms with Crippen LogP contribution in [0.4, 0.5) is 5.82 Å². The van der Waals surface area contributed by atoms with Gasteiger partial charge in [-0.25, -0.2) is 9.97 Å². The third kappa shape index (κ3) is 3.35. The molecule has 1 saturated carbocycles. The van der Waals surface area contributed by atoms with Gasteiger partial charge in [0.1, 0.15) is 17.8 Å². The van der Waals surface area contributed by atoms with Crippen LogP contribution in [0.15, 0.2) is 42.9 Å². The highest BCUT2D eigenvalue weighted by atomic mass is 32.2. The highest BCUT2D eigenvalue weighted by molar-refractivity contribution is 7.86. The fourth-order valence-corrected chi connectivity index (χ4v) is 6.10. The van der Waals surface area contributed by atoms with Crippen molar-refractivity contribution in [2.75, 3.05) is 31.6 Å². The van der Waals surface area contributed by atoms with Crippen LogP contribution in [-0.2, 0) is 16.8 Å². The van der Waals surface area contributed by atoms with Gasteiger partial charge in [-0.3, -0.25) is 0 Å². The van der Waals surface area contributed by atoms with Crippen molar-refractivity contribution in [1.82, 2.24) is 23.6 Å². The molecule has 0 unspecified atom stereocenters. The minimum Gasteiger partial charge on any atom is -0.353 e. The Morgan fingerprint density at radius 2 is 2.03 bits per heavy atom. The lowest BCUT2D eigenvalue weighted by molar-refractivity contribution is 0.250. The first kappa shape index (κ1) is 19.9. The lowest BCUT2D eigenvalue weighted by Gasteiger charge is -2.43. The molecule has 2 aliphatic rings. The Labute approximate surface area is 181 Å². The first-order valence-corrected chi connectivity index (χ1v) is 11.6. The summed E-state index contributed by atoms with van der Waals surface area (Å²) < 4.78 is 30.0. The van der Waals surface area contributed by atoms with E-state index >= 15 is 0 Å². The summed E-state index contributed by atoms with van der Waals surface area (Å²) >= 11 is 0. The largest absolute Gasteiger partial charge is 0.353 e. The molecule has 2 fully saturated rings. The first-order chi connectivity index (χ1) is 14.9. The van der Waals surface area contributed by atoms with E-state index in [2.05, 4.69) is 25.9 Å². The van der Waals surface area contributed by atoms with E-state index < -0.39 is 15.7 Å². The van der Waals surface area contributed by atoms with Crippen molar-refractivity contribution in [2.24, 2.45) is 0 Å². The highest BCUT2D eigenvalue weighted by Crippen LogP contribution is 2.47. The van der Waals surface area contributed by atoms with Gasteiger partial charge in [-0.15, -0.1) is 0 Å². The summed E-state index contributed by atoms with van der Waals surface area (Å²) in [6, 6.07) is 11.2. The lowest BCUT2D eigenvalue weighted by atomic mass is 10.1. The summed E-state index contributed by atoms with van der Waals surface area (Å²) in [7, 11) is -2.09. The Kier molecular flexibility index (Phi) is 4.69. The zero-order valence-electron chi connectivity index (χ0n) is 17.2. The van der Waals surface area contributed by atoms with Crippen molar-refractivity contribution in [2.45, 2.75) is 24.9 Å². The van der Waals surface area contributed by atoms with Crippen LogP contribution in [0.5, 0.6) is 0 Å². The number of anilines is 1. The Hall–Kier alpha value is -3.00. The van der Waals surface area contributed by atoms with Crippen molar-refractivity contribution in [1.29, 1.82) is 5.26 Å². The molecule has 3 aromatic rings. The molecule has 0 amide bonds. The molecule has 10 heteroatoms. The van der Waals surface area contributed by atoms with Crippen LogP contribution in [0.1, 0.15) is 24.0 Å². The molecule has 0 bridgehead atoms. The van der Waals surface area contributed by atoms with Crippen LogP contribution in [-0.4, -0.2) is 64.2 Å². The van der Waals surface area contributed by atoms with Gasteiger partial charge in [0.25, 0.3) is 10.2 Å². The first-order valence-electron chi connectivity index (χ1n) is 10.2. The fourth-order valence-electron chi connectivity index (χ4n) is 4.42. The number of aromatic nitrogens is 3. The number of aromatic amines is 1. The molecule has 1 N–H and O–H groups in total. The average molecular weight is 438 g/mol. The summed E-state index contributed by atoms with van der Waals surface area (Å²) in [4.78, 5) is 14.0. The van der Waals surface area contributed by atoms with Gasteiger partial charge in [0, 0.05) is 39.4 Å². The van der Waals surface area contributed by atoms with Gasteiger partial charge in [0.05, 0.1) is 22.6 Å². The predicted molar refractivity (Wildman–Crippen MR) is 116 cm³/mol. The van der Waals surface area contributed by atoms with Crippen LogP contribution in [0.2, 0.25) is 0 Å². The SMILES string of the molecule is CN(Cc1ccccc1C#N)S(=O)(=O)N1CCN(c2ncnc3[nH]ccc23)CC12CC2. The van der Waals surface area contributed by atoms with Crippen molar-refractivity contribution < 1.29 is 8.42 Å². The predicted octanol–water partition coefficient (Wildman–Crippen LogP) is 1.86. The van der Waals surface area contributed by atoms with E-state index in [0.717, 1.165) is 29.7 Å². The second-order valence-corrected chi connectivity index (χ2v) is 10.1. The van der Waals surface area contributed by atoms with Crippen LogP contribution in [0.25, 0.3) is 11.0 Å². The third-order valence-electron chi connectivity index (χ3n) is 6.25. The van der Waals surface area contributed by atoms with Gasteiger partial charge in [0.2, 0.25) is 0 Å². The molecule has 9 nitrogen and oxygen atoms in total. The molecule has 160 valence electrons. The summed E-state index contributed by atoms with van der Waals surface area (Å²) in [5, 5.41) is 10.3. The molecule has 31 heavy (non-hydrogen) atoms. The number of nitriles is 1. The second-order valence-electron chi connectivity index (χ2n) is 8.19. The quantitative estimate of drug-likeness (QED) is 0.653. The second kappa shape index (κ2) is 7.30. The molecule has 1 aliphatic heterocycles. The Bertz CT molecular complexity index is 1280. The zero-order chi connectivity index (χ0) is 21.6. The molecule has 3 heterocycles. The number of hydrogen-bond donors (Lipinski definition) is 1. The van der Waals surface area contributed by atoms with Gasteiger partial charge < -0.3 is 9.88 Å². The summed E-state index contributed by atoms with van der Waals surface area (Å²) in [5.74, 6) is 0.839. The highest BCUT2D eigenvalue weighted by Gasteiger charge is 2.56. The standard InChI is InChI=1S/C21H23N7O2S/c1-26(13-17-5-3-2-4-16(17)12-22)31(29,30)28-11-10-27(14-21(28)7-8-21)20-18-6-9-23-19(18)24-15-25-20/h2-6,9,15H,7-8,10-11,13-14H2,1H3,(H,23,24,25). The number of fused-ring (bicyclic) bond motifs is 1. The minimum absolute atomic E-state index is 0.165. The van der Waals surface area contributed by atoms with E-state index in [9.17, 15) is 13.7 Å². The summed E-state index contributed by atoms with van der Waals surface area (Å²) in [6.45, 7) is 1.72. The van der Waals surface area contributed by atoms with E-state index in [-0.39, 0.29) is 6.54 Å². The smallest absolute Gasteiger partial charge is 0.282 e. The van der Waals surface area contributed by atoms with E-state index in [1.165, 1.54) is 10.6 Å². The van der Waals surface area contributed by atoms with Crippen LogP contribution in [0, 0.1) is 11.3 Å².